The van der Waals surface area contributed by atoms with Crippen LogP contribution in [-0.4, -0.2) is 0 Å². The van der Waals surface area contributed by atoms with E-state index in [1.165, 1.54) is 24.0 Å². The van der Waals surface area contributed by atoms with E-state index in [-0.39, 0.29) is 5.82 Å². The number of halogens is 1. The van der Waals surface area contributed by atoms with Gasteiger partial charge < -0.3 is 0 Å². The molecule has 0 atom stereocenters. The largest absolute Gasteiger partial charge is 0.207 e. The Morgan fingerprint density at radius 3 is 2.21 bits per heavy atom. The van der Waals surface area contributed by atoms with Crippen LogP contribution in [0.1, 0.15) is 37.2 Å². The van der Waals surface area contributed by atoms with Crippen LogP contribution in [0.5, 0.6) is 0 Å². The Balaban J connectivity index is 2.08. The molecule has 74 valence electrons. The minimum Gasteiger partial charge on any atom is -0.207 e. The van der Waals surface area contributed by atoms with Gasteiger partial charge in [-0.1, -0.05) is 24.3 Å². The van der Waals surface area contributed by atoms with E-state index < -0.39 is 0 Å². The number of benzene rings is 1. The first-order chi connectivity index (χ1) is 6.75. The van der Waals surface area contributed by atoms with E-state index in [1.807, 2.05) is 12.1 Å². The predicted octanol–water partition coefficient (Wildman–Crippen LogP) is 4.04. The minimum atomic E-state index is -0.144. The summed E-state index contributed by atoms with van der Waals surface area (Å²) in [6, 6.07) is 6.93. The van der Waals surface area contributed by atoms with Crippen molar-refractivity contribution in [1.82, 2.24) is 0 Å². The fourth-order valence-corrected chi connectivity index (χ4v) is 2.09. The number of allylic oxidation sites excluding steroid dienone is 1. The van der Waals surface area contributed by atoms with Crippen molar-refractivity contribution >= 4 is 0 Å². The van der Waals surface area contributed by atoms with Gasteiger partial charge in [-0.2, -0.15) is 0 Å². The van der Waals surface area contributed by atoms with E-state index >= 15 is 0 Å². The van der Waals surface area contributed by atoms with Gasteiger partial charge in [0.05, 0.1) is 0 Å². The highest BCUT2D eigenvalue weighted by Gasteiger charge is 2.16. The molecule has 0 nitrogen and oxygen atoms in total. The highest BCUT2D eigenvalue weighted by molar-refractivity contribution is 5.22. The molecule has 1 saturated carbocycles. The van der Waals surface area contributed by atoms with Crippen LogP contribution in [0.15, 0.2) is 36.4 Å². The summed E-state index contributed by atoms with van der Waals surface area (Å²) < 4.78 is 12.7. The minimum absolute atomic E-state index is 0.144. The summed E-state index contributed by atoms with van der Waals surface area (Å²) in [4.78, 5) is 0. The van der Waals surface area contributed by atoms with Crippen molar-refractivity contribution in [3.63, 3.8) is 0 Å². The Bertz CT molecular complexity index is 314. The van der Waals surface area contributed by atoms with Crippen LogP contribution in [-0.2, 0) is 0 Å². The van der Waals surface area contributed by atoms with Crippen molar-refractivity contribution in [2.75, 3.05) is 0 Å². The van der Waals surface area contributed by atoms with Gasteiger partial charge in [0, 0.05) is 0 Å². The van der Waals surface area contributed by atoms with Gasteiger partial charge in [0.1, 0.15) is 5.82 Å². The third-order valence-electron chi connectivity index (χ3n) is 3.03. The Morgan fingerprint density at radius 2 is 1.64 bits per heavy atom. The van der Waals surface area contributed by atoms with Crippen LogP contribution >= 0.6 is 0 Å². The molecule has 1 heteroatoms. The number of hydrogen-bond acceptors (Lipinski definition) is 0. The zero-order valence-corrected chi connectivity index (χ0v) is 8.30. The van der Waals surface area contributed by atoms with Crippen molar-refractivity contribution in [2.45, 2.75) is 31.6 Å². The lowest BCUT2D eigenvalue weighted by atomic mass is 9.82. The standard InChI is InChI=1S/C13H15F/c1-10-2-4-11(5-3-10)12-6-8-13(14)9-7-12/h6-9,11H,1-5H2. The molecule has 0 saturated heterocycles. The van der Waals surface area contributed by atoms with Gasteiger partial charge in [0.15, 0.2) is 0 Å². The zero-order chi connectivity index (χ0) is 9.97. The lowest BCUT2D eigenvalue weighted by molar-refractivity contribution is 0.516. The lowest BCUT2D eigenvalue weighted by Gasteiger charge is -2.23. The highest BCUT2D eigenvalue weighted by atomic mass is 19.1. The molecule has 0 unspecified atom stereocenters. The van der Waals surface area contributed by atoms with E-state index in [0.29, 0.717) is 5.92 Å². The van der Waals surface area contributed by atoms with E-state index in [4.69, 9.17) is 0 Å². The molecule has 0 aromatic heterocycles. The van der Waals surface area contributed by atoms with Gasteiger partial charge >= 0.3 is 0 Å². The maximum Gasteiger partial charge on any atom is 0.123 e. The summed E-state index contributed by atoms with van der Waals surface area (Å²) in [7, 11) is 0. The maximum atomic E-state index is 12.7. The molecular weight excluding hydrogens is 175 g/mol. The van der Waals surface area contributed by atoms with E-state index in [2.05, 4.69) is 6.58 Å². The van der Waals surface area contributed by atoms with Crippen LogP contribution in [0.3, 0.4) is 0 Å². The molecule has 0 amide bonds. The van der Waals surface area contributed by atoms with E-state index in [9.17, 15) is 4.39 Å². The molecule has 0 bridgehead atoms. The van der Waals surface area contributed by atoms with Gasteiger partial charge in [0.2, 0.25) is 0 Å². The summed E-state index contributed by atoms with van der Waals surface area (Å²) in [6.45, 7) is 4.00. The second kappa shape index (κ2) is 3.95. The van der Waals surface area contributed by atoms with Crippen molar-refractivity contribution < 1.29 is 4.39 Å². The van der Waals surface area contributed by atoms with E-state index in [1.54, 1.807) is 12.1 Å². The van der Waals surface area contributed by atoms with Crippen LogP contribution < -0.4 is 0 Å². The SMILES string of the molecule is C=C1CCC(c2ccc(F)cc2)CC1. The number of hydrogen-bond donors (Lipinski definition) is 0. The maximum absolute atomic E-state index is 12.7. The molecule has 0 aliphatic heterocycles. The van der Waals surface area contributed by atoms with Crippen LogP contribution in [0.4, 0.5) is 4.39 Å². The molecule has 0 spiro atoms. The first kappa shape index (κ1) is 9.45. The lowest BCUT2D eigenvalue weighted by Crippen LogP contribution is -2.05. The van der Waals surface area contributed by atoms with Crippen molar-refractivity contribution in [3.8, 4) is 0 Å². The summed E-state index contributed by atoms with van der Waals surface area (Å²) >= 11 is 0. The van der Waals surface area contributed by atoms with Gasteiger partial charge in [0.25, 0.3) is 0 Å². The second-order valence-electron chi connectivity index (χ2n) is 4.08. The van der Waals surface area contributed by atoms with Gasteiger partial charge in [-0.25, -0.2) is 4.39 Å². The average molecular weight is 190 g/mol. The summed E-state index contributed by atoms with van der Waals surface area (Å²) in [6.07, 6.45) is 4.60. The summed E-state index contributed by atoms with van der Waals surface area (Å²) in [5.41, 5.74) is 2.64. The molecule has 1 aromatic carbocycles. The molecule has 1 fully saturated rings. The summed E-state index contributed by atoms with van der Waals surface area (Å²) in [5.74, 6) is 0.468. The normalized spacial score (nSPS) is 18.5. The monoisotopic (exact) mass is 190 g/mol. The van der Waals surface area contributed by atoms with Crippen molar-refractivity contribution in [1.29, 1.82) is 0 Å². The fourth-order valence-electron chi connectivity index (χ4n) is 2.09. The highest BCUT2D eigenvalue weighted by Crippen LogP contribution is 2.34. The quantitative estimate of drug-likeness (QED) is 0.586. The van der Waals surface area contributed by atoms with Crippen LogP contribution in [0.25, 0.3) is 0 Å². The molecule has 0 heterocycles. The summed E-state index contributed by atoms with van der Waals surface area (Å²) in [5, 5.41) is 0. The Morgan fingerprint density at radius 1 is 1.07 bits per heavy atom. The molecule has 2 rings (SSSR count). The third kappa shape index (κ3) is 2.03. The van der Waals surface area contributed by atoms with Gasteiger partial charge in [-0.05, 0) is 49.3 Å². The first-order valence-corrected chi connectivity index (χ1v) is 5.18. The third-order valence-corrected chi connectivity index (χ3v) is 3.03. The van der Waals surface area contributed by atoms with Crippen molar-refractivity contribution in [3.05, 3.63) is 47.8 Å². The second-order valence-corrected chi connectivity index (χ2v) is 4.08. The van der Waals surface area contributed by atoms with Gasteiger partial charge in [-0.15, -0.1) is 0 Å². The van der Waals surface area contributed by atoms with Crippen LogP contribution in [0, 0.1) is 5.82 Å². The smallest absolute Gasteiger partial charge is 0.123 e. The number of rotatable bonds is 1. The molecular formula is C13H15F. The zero-order valence-electron chi connectivity index (χ0n) is 8.30. The van der Waals surface area contributed by atoms with Crippen molar-refractivity contribution in [2.24, 2.45) is 0 Å². The van der Waals surface area contributed by atoms with Gasteiger partial charge in [-0.3, -0.25) is 0 Å². The molecule has 1 aliphatic rings. The van der Waals surface area contributed by atoms with E-state index in [0.717, 1.165) is 12.8 Å². The molecule has 14 heavy (non-hydrogen) atoms. The average Bonchev–Trinajstić information content (AvgIpc) is 2.21. The Hall–Kier alpha value is -1.11. The molecule has 1 aromatic rings. The fraction of sp³-hybridized carbons (Fsp3) is 0.385. The molecule has 1 aliphatic carbocycles. The predicted molar refractivity (Wildman–Crippen MR) is 56.7 cm³/mol. The van der Waals surface area contributed by atoms with Crippen LogP contribution in [0.2, 0.25) is 0 Å². The topological polar surface area (TPSA) is 0 Å². The Kier molecular flexibility index (Phi) is 2.67. The molecule has 0 N–H and O–H groups in total. The molecule has 0 radical (unpaired) electrons. The Labute approximate surface area is 84.5 Å². The first-order valence-electron chi connectivity index (χ1n) is 5.18.